The molecule has 292 valence electrons. The van der Waals surface area contributed by atoms with Gasteiger partial charge in [0.1, 0.15) is 30.1 Å². The lowest BCUT2D eigenvalue weighted by molar-refractivity contribution is -0.118. The summed E-state index contributed by atoms with van der Waals surface area (Å²) in [7, 11) is 0. The van der Waals surface area contributed by atoms with Crippen molar-refractivity contribution in [2.45, 2.75) is 63.2 Å². The van der Waals surface area contributed by atoms with Crippen LogP contribution in [0.15, 0.2) is 47.8 Å². The van der Waals surface area contributed by atoms with Gasteiger partial charge in [0.15, 0.2) is 35.0 Å². The molecular weight excluding hydrogens is 787 g/mol. The van der Waals surface area contributed by atoms with E-state index in [2.05, 4.69) is 35.2 Å². The predicted molar refractivity (Wildman–Crippen MR) is 195 cm³/mol. The number of aliphatic hydroxyl groups is 2. The Balaban J connectivity index is 1.11. The minimum Gasteiger partial charge on any atom is -0.453 e. The summed E-state index contributed by atoms with van der Waals surface area (Å²) in [6, 6.07) is 7.99. The SMILES string of the molecule is CC(C)C(=O)Nc1nc2c(ncn2[C@@H]2O[C@H](COP(O)(=S)O[C@@H]3C[C@H](n4cnc5c(N)nc(Cl)nc54)O[C@@H]3CO)[C@H](OC(=O)c3ccccc3)C2O)c(=O)[nH]1. The number of ether oxygens (including phenoxy) is 3. The molecular formula is C31H34ClN10O11PS. The van der Waals surface area contributed by atoms with Crippen LogP contribution in [0.4, 0.5) is 11.8 Å². The van der Waals surface area contributed by atoms with E-state index in [-0.39, 0.29) is 51.4 Å². The first-order chi connectivity index (χ1) is 26.2. The molecule has 8 atom stereocenters. The van der Waals surface area contributed by atoms with Crippen molar-refractivity contribution in [3.05, 3.63) is 64.2 Å². The third kappa shape index (κ3) is 7.96. The first kappa shape index (κ1) is 38.8. The number of nitrogens with two attached hydrogens (primary N) is 1. The van der Waals surface area contributed by atoms with Gasteiger partial charge in [0.2, 0.25) is 17.1 Å². The molecule has 2 saturated heterocycles. The number of nitrogens with zero attached hydrogens (tertiary/aromatic N) is 7. The van der Waals surface area contributed by atoms with E-state index in [0.29, 0.717) is 0 Å². The summed E-state index contributed by atoms with van der Waals surface area (Å²) in [5, 5.41) is 24.1. The number of halogens is 1. The molecule has 4 aromatic heterocycles. The molecule has 0 radical (unpaired) electrons. The monoisotopic (exact) mass is 820 g/mol. The van der Waals surface area contributed by atoms with Crippen LogP contribution in [0.1, 0.15) is 43.1 Å². The van der Waals surface area contributed by atoms with Crippen molar-refractivity contribution in [2.24, 2.45) is 5.92 Å². The van der Waals surface area contributed by atoms with E-state index >= 15 is 0 Å². The van der Waals surface area contributed by atoms with E-state index in [1.54, 1.807) is 32.0 Å². The zero-order chi connectivity index (χ0) is 39.2. The summed E-state index contributed by atoms with van der Waals surface area (Å²) in [6.45, 7) is -1.94. The molecule has 0 spiro atoms. The number of nitrogens with one attached hydrogen (secondary N) is 2. The third-order valence-corrected chi connectivity index (χ3v) is 10.6. The second-order valence-corrected chi connectivity index (χ2v) is 16.0. The molecule has 7 N–H and O–H groups in total. The Morgan fingerprint density at radius 2 is 1.82 bits per heavy atom. The van der Waals surface area contributed by atoms with Gasteiger partial charge in [-0.2, -0.15) is 15.0 Å². The Morgan fingerprint density at radius 3 is 2.55 bits per heavy atom. The van der Waals surface area contributed by atoms with Crippen LogP contribution in [0.2, 0.25) is 5.28 Å². The molecule has 24 heteroatoms. The fraction of sp³-hybridized carbons (Fsp3) is 0.419. The van der Waals surface area contributed by atoms with Gasteiger partial charge in [-0.25, -0.2) is 14.8 Å². The summed E-state index contributed by atoms with van der Waals surface area (Å²) < 4.78 is 32.1. The molecule has 1 amide bonds. The topological polar surface area (TPSA) is 286 Å². The summed E-state index contributed by atoms with van der Waals surface area (Å²) in [4.78, 5) is 72.8. The molecule has 6 heterocycles. The van der Waals surface area contributed by atoms with E-state index < -0.39 is 86.3 Å². The maximum Gasteiger partial charge on any atom is 0.338 e. The van der Waals surface area contributed by atoms with Gasteiger partial charge in [0.25, 0.3) is 5.56 Å². The molecule has 0 bridgehead atoms. The number of amides is 1. The second-order valence-electron chi connectivity index (χ2n) is 12.8. The number of esters is 1. The van der Waals surface area contributed by atoms with Crippen LogP contribution in [0.25, 0.3) is 22.3 Å². The number of anilines is 2. The molecule has 21 nitrogen and oxygen atoms in total. The lowest BCUT2D eigenvalue weighted by Gasteiger charge is -2.25. The number of fused-ring (bicyclic) bond motifs is 2. The Labute approximate surface area is 320 Å². The maximum absolute atomic E-state index is 13.2. The average molecular weight is 821 g/mol. The number of hydrogen-bond acceptors (Lipinski definition) is 17. The lowest BCUT2D eigenvalue weighted by Crippen LogP contribution is -2.38. The first-order valence-corrected chi connectivity index (χ1v) is 19.6. The van der Waals surface area contributed by atoms with Crippen molar-refractivity contribution in [3.8, 4) is 0 Å². The van der Waals surface area contributed by atoms with Gasteiger partial charge < -0.3 is 44.1 Å². The van der Waals surface area contributed by atoms with Gasteiger partial charge in [-0.15, -0.1) is 0 Å². The highest BCUT2D eigenvalue weighted by molar-refractivity contribution is 8.07. The minimum atomic E-state index is -4.17. The van der Waals surface area contributed by atoms with E-state index in [0.717, 1.165) is 0 Å². The van der Waals surface area contributed by atoms with E-state index in [4.69, 9.17) is 52.4 Å². The minimum absolute atomic E-state index is 0.0535. The fourth-order valence-corrected chi connectivity index (χ4v) is 7.71. The zero-order valence-electron chi connectivity index (χ0n) is 28.8. The Hall–Kier alpha value is -4.48. The van der Waals surface area contributed by atoms with Crippen molar-refractivity contribution < 1.29 is 48.0 Å². The van der Waals surface area contributed by atoms with E-state index in [1.807, 2.05) is 0 Å². The molecule has 2 aliphatic rings. The van der Waals surface area contributed by atoms with Gasteiger partial charge in [0.05, 0.1) is 37.5 Å². The molecule has 2 unspecified atom stereocenters. The van der Waals surface area contributed by atoms with Crippen LogP contribution < -0.4 is 16.6 Å². The molecule has 5 aromatic rings. The van der Waals surface area contributed by atoms with Crippen molar-refractivity contribution >= 4 is 76.1 Å². The van der Waals surface area contributed by atoms with Crippen molar-refractivity contribution in [2.75, 3.05) is 24.3 Å². The highest BCUT2D eigenvalue weighted by atomic mass is 35.5. The summed E-state index contributed by atoms with van der Waals surface area (Å²) >= 11 is 11.3. The number of carbonyl (C=O) groups excluding carboxylic acids is 2. The quantitative estimate of drug-likeness (QED) is 0.0585. The van der Waals surface area contributed by atoms with E-state index in [1.165, 1.54) is 33.9 Å². The number of hydrogen-bond donors (Lipinski definition) is 6. The largest absolute Gasteiger partial charge is 0.453 e. The zero-order valence-corrected chi connectivity index (χ0v) is 31.3. The highest BCUT2D eigenvalue weighted by Crippen LogP contribution is 2.50. The summed E-state index contributed by atoms with van der Waals surface area (Å²) in [5.74, 6) is -1.76. The maximum atomic E-state index is 13.2. The van der Waals surface area contributed by atoms with Gasteiger partial charge in [0, 0.05) is 12.3 Å². The number of aliphatic hydroxyl groups excluding tert-OH is 2. The third-order valence-electron chi connectivity index (χ3n) is 8.80. The van der Waals surface area contributed by atoms with Crippen molar-refractivity contribution in [1.29, 1.82) is 0 Å². The number of aromatic amines is 1. The number of aromatic nitrogens is 8. The number of rotatable bonds is 12. The molecule has 0 saturated carbocycles. The van der Waals surface area contributed by atoms with Crippen molar-refractivity contribution in [3.63, 3.8) is 0 Å². The molecule has 2 aliphatic heterocycles. The van der Waals surface area contributed by atoms with Crippen LogP contribution >= 0.6 is 18.3 Å². The average Bonchev–Trinajstić information content (AvgIpc) is 3.92. The molecule has 2 fully saturated rings. The van der Waals surface area contributed by atoms with Crippen LogP contribution in [-0.4, -0.2) is 110 Å². The van der Waals surface area contributed by atoms with Gasteiger partial charge >= 0.3 is 12.7 Å². The molecule has 7 rings (SSSR count). The molecule has 0 aliphatic carbocycles. The van der Waals surface area contributed by atoms with Crippen LogP contribution in [0.5, 0.6) is 0 Å². The van der Waals surface area contributed by atoms with E-state index in [9.17, 15) is 29.5 Å². The van der Waals surface area contributed by atoms with Crippen LogP contribution in [-0.2, 0) is 39.9 Å². The first-order valence-electron chi connectivity index (χ1n) is 16.7. The number of H-pyrrole nitrogens is 1. The fourth-order valence-electron chi connectivity index (χ4n) is 6.06. The Kier molecular flexibility index (Phi) is 11.0. The predicted octanol–water partition coefficient (Wildman–Crippen LogP) is 1.17. The van der Waals surface area contributed by atoms with Gasteiger partial charge in [-0.1, -0.05) is 32.0 Å². The summed E-state index contributed by atoms with van der Waals surface area (Å²) in [6.07, 6.45) is -5.78. The number of nitrogen functional groups attached to an aromatic ring is 1. The number of benzene rings is 1. The molecule has 1 aromatic carbocycles. The lowest BCUT2D eigenvalue weighted by atomic mass is 10.1. The van der Waals surface area contributed by atoms with Gasteiger partial charge in [-0.3, -0.25) is 29.0 Å². The second kappa shape index (κ2) is 15.6. The van der Waals surface area contributed by atoms with Crippen molar-refractivity contribution in [1.82, 2.24) is 39.0 Å². The highest BCUT2D eigenvalue weighted by Gasteiger charge is 2.49. The Morgan fingerprint density at radius 1 is 1.11 bits per heavy atom. The standard InChI is InChI=1S/C31H34ClN10O11PS/c1-13(2)26(45)39-31-38-25-20(27(46)40-31)35-12-42(25)28-21(44)22(52-29(47)14-6-4-3-5-7-14)17(51-28)10-49-54(48,55)53-15-8-18(50-16(15)9-43)41-11-34-19-23(33)36-30(32)37-24(19)41/h3-7,11-13,15-18,21-22,28,43-44H,8-10H2,1-2H3,(H,48,55)(H2,33,36,37)(H2,38,39,40,45,46)/t15-,16-,17-,18-,21?,22+,28-,54?/m1/s1. The number of carbonyl (C=O) groups is 2. The van der Waals surface area contributed by atoms with Crippen LogP contribution in [0.3, 0.4) is 0 Å². The normalized spacial score (nSPS) is 25.1. The van der Waals surface area contributed by atoms with Crippen LogP contribution in [0, 0.1) is 5.92 Å². The summed E-state index contributed by atoms with van der Waals surface area (Å²) in [5.41, 5.74) is 5.77. The van der Waals surface area contributed by atoms with Gasteiger partial charge in [-0.05, 0) is 35.5 Å². The molecule has 55 heavy (non-hydrogen) atoms. The number of imidazole rings is 2. The Bertz CT molecular complexity index is 2350. The smallest absolute Gasteiger partial charge is 0.338 e.